The van der Waals surface area contributed by atoms with Crippen molar-refractivity contribution in [3.63, 3.8) is 0 Å². The molecule has 0 unspecified atom stereocenters. The number of benzene rings is 1. The average molecular weight is 297 g/mol. The molecule has 0 amide bonds. The number of nitrogens with zero attached hydrogens (tertiary/aromatic N) is 1. The fraction of sp³-hybridized carbons (Fsp3) is 0.579. The van der Waals surface area contributed by atoms with E-state index in [2.05, 4.69) is 30.0 Å². The lowest BCUT2D eigenvalue weighted by molar-refractivity contribution is -0.146. The van der Waals surface area contributed by atoms with Crippen LogP contribution in [0.25, 0.3) is 0 Å². The molecule has 3 aliphatic rings. The van der Waals surface area contributed by atoms with Crippen molar-refractivity contribution in [2.75, 3.05) is 11.4 Å². The highest BCUT2D eigenvalue weighted by molar-refractivity contribution is 6.11. The molecule has 22 heavy (non-hydrogen) atoms. The number of carbonyl (C=O) groups is 2. The standard InChI is InChI=1S/C19H23NO2/c1-13-9-10-20-15-6-3-2-5-14(15)12-19(16(20)11-13)17(21)7-4-8-18(19)22/h2-3,5-6,13,16H,4,7-12H2,1H3/t13-,16-/m0/s1. The van der Waals surface area contributed by atoms with Gasteiger partial charge in [-0.2, -0.15) is 0 Å². The molecule has 1 aromatic carbocycles. The molecular weight excluding hydrogens is 274 g/mol. The van der Waals surface area contributed by atoms with Gasteiger partial charge in [0.25, 0.3) is 0 Å². The third-order valence-corrected chi connectivity index (χ3v) is 6.01. The van der Waals surface area contributed by atoms with Crippen molar-refractivity contribution in [3.8, 4) is 0 Å². The van der Waals surface area contributed by atoms with Crippen molar-refractivity contribution in [3.05, 3.63) is 29.8 Å². The SMILES string of the molecule is C[C@H]1CCN2c3ccccc3CC3(C(=O)CCCC3=O)[C@@H]2C1. The molecule has 2 fully saturated rings. The third kappa shape index (κ3) is 1.81. The van der Waals surface area contributed by atoms with Gasteiger partial charge >= 0.3 is 0 Å². The molecule has 1 spiro atoms. The van der Waals surface area contributed by atoms with Gasteiger partial charge in [-0.25, -0.2) is 0 Å². The van der Waals surface area contributed by atoms with Crippen molar-refractivity contribution in [1.29, 1.82) is 0 Å². The van der Waals surface area contributed by atoms with Gasteiger partial charge in [0.2, 0.25) is 0 Å². The van der Waals surface area contributed by atoms with E-state index >= 15 is 0 Å². The lowest BCUT2D eigenvalue weighted by Gasteiger charge is -2.54. The van der Waals surface area contributed by atoms with Crippen molar-refractivity contribution in [2.24, 2.45) is 11.3 Å². The van der Waals surface area contributed by atoms with E-state index in [9.17, 15) is 9.59 Å². The number of fused-ring (bicyclic) bond motifs is 4. The van der Waals surface area contributed by atoms with Crippen LogP contribution in [-0.4, -0.2) is 24.2 Å². The van der Waals surface area contributed by atoms with Crippen LogP contribution in [0.1, 0.15) is 44.6 Å². The minimum absolute atomic E-state index is 0.0754. The van der Waals surface area contributed by atoms with Crippen LogP contribution in [0.4, 0.5) is 5.69 Å². The Kier molecular flexibility index (Phi) is 3.14. The summed E-state index contributed by atoms with van der Waals surface area (Å²) in [7, 11) is 0. The largest absolute Gasteiger partial charge is 0.367 e. The Hall–Kier alpha value is -1.64. The van der Waals surface area contributed by atoms with Gasteiger partial charge in [-0.1, -0.05) is 25.1 Å². The highest BCUT2D eigenvalue weighted by Gasteiger charge is 2.57. The zero-order valence-corrected chi connectivity index (χ0v) is 13.2. The first kappa shape index (κ1) is 14.0. The van der Waals surface area contributed by atoms with E-state index in [1.807, 2.05) is 6.07 Å². The summed E-state index contributed by atoms with van der Waals surface area (Å²) in [6, 6.07) is 8.42. The van der Waals surface area contributed by atoms with E-state index in [4.69, 9.17) is 0 Å². The summed E-state index contributed by atoms with van der Waals surface area (Å²) in [5, 5.41) is 0. The van der Waals surface area contributed by atoms with E-state index in [0.29, 0.717) is 25.2 Å². The average Bonchev–Trinajstić information content (AvgIpc) is 2.52. The number of Topliss-reactive ketones (excluding diaryl/α,β-unsaturated/α-hetero) is 2. The summed E-state index contributed by atoms with van der Waals surface area (Å²) in [5.74, 6) is 0.982. The maximum atomic E-state index is 12.9. The van der Waals surface area contributed by atoms with Crippen LogP contribution in [0, 0.1) is 11.3 Å². The number of carbonyl (C=O) groups excluding carboxylic acids is 2. The molecule has 2 atom stereocenters. The monoisotopic (exact) mass is 297 g/mol. The summed E-state index contributed by atoms with van der Waals surface area (Å²) in [5.41, 5.74) is 1.66. The van der Waals surface area contributed by atoms with Gasteiger partial charge in [-0.15, -0.1) is 0 Å². The quantitative estimate of drug-likeness (QED) is 0.690. The van der Waals surface area contributed by atoms with Crippen molar-refractivity contribution >= 4 is 17.3 Å². The Morgan fingerprint density at radius 3 is 2.64 bits per heavy atom. The molecule has 1 saturated carbocycles. The first-order chi connectivity index (χ1) is 10.6. The fourth-order valence-corrected chi connectivity index (χ4v) is 4.84. The zero-order chi connectivity index (χ0) is 15.3. The van der Waals surface area contributed by atoms with E-state index in [0.717, 1.165) is 25.8 Å². The predicted molar refractivity (Wildman–Crippen MR) is 86.0 cm³/mol. The number of para-hydroxylation sites is 1. The lowest BCUT2D eigenvalue weighted by Crippen LogP contribution is -2.63. The topological polar surface area (TPSA) is 37.4 Å². The Labute approximate surface area is 131 Å². The zero-order valence-electron chi connectivity index (χ0n) is 13.2. The lowest BCUT2D eigenvalue weighted by atomic mass is 9.59. The molecule has 1 aliphatic carbocycles. The maximum absolute atomic E-state index is 12.9. The summed E-state index contributed by atoms with van der Waals surface area (Å²) in [6.45, 7) is 3.22. The van der Waals surface area contributed by atoms with E-state index in [-0.39, 0.29) is 17.6 Å². The Morgan fingerprint density at radius 1 is 1.14 bits per heavy atom. The van der Waals surface area contributed by atoms with E-state index in [1.165, 1.54) is 11.3 Å². The van der Waals surface area contributed by atoms with E-state index < -0.39 is 5.41 Å². The molecule has 2 heterocycles. The van der Waals surface area contributed by atoms with E-state index in [1.54, 1.807) is 0 Å². The van der Waals surface area contributed by atoms with Gasteiger partial charge in [-0.3, -0.25) is 9.59 Å². The van der Waals surface area contributed by atoms with Crippen LogP contribution in [0.2, 0.25) is 0 Å². The van der Waals surface area contributed by atoms with Crippen molar-refractivity contribution in [2.45, 2.75) is 51.5 Å². The normalized spacial score (nSPS) is 30.1. The van der Waals surface area contributed by atoms with Gasteiger partial charge in [0.15, 0.2) is 0 Å². The molecule has 2 aliphatic heterocycles. The second kappa shape index (κ2) is 4.94. The van der Waals surface area contributed by atoms with Crippen molar-refractivity contribution < 1.29 is 9.59 Å². The molecule has 4 rings (SSSR count). The van der Waals surface area contributed by atoms with Crippen LogP contribution >= 0.6 is 0 Å². The Balaban J connectivity index is 1.88. The molecular formula is C19H23NO2. The van der Waals surface area contributed by atoms with Crippen LogP contribution in [0.3, 0.4) is 0 Å². The summed E-state index contributed by atoms with van der Waals surface area (Å²) in [4.78, 5) is 28.2. The summed E-state index contributed by atoms with van der Waals surface area (Å²) < 4.78 is 0. The second-order valence-electron chi connectivity index (χ2n) is 7.32. The number of hydrogen-bond acceptors (Lipinski definition) is 3. The van der Waals surface area contributed by atoms with Crippen LogP contribution < -0.4 is 4.90 Å². The van der Waals surface area contributed by atoms with Gasteiger partial charge in [0, 0.05) is 31.1 Å². The van der Waals surface area contributed by atoms with Gasteiger partial charge < -0.3 is 4.90 Å². The molecule has 0 radical (unpaired) electrons. The molecule has 1 saturated heterocycles. The first-order valence-electron chi connectivity index (χ1n) is 8.54. The molecule has 0 bridgehead atoms. The number of rotatable bonds is 0. The second-order valence-corrected chi connectivity index (χ2v) is 7.32. The number of ketones is 2. The van der Waals surface area contributed by atoms with Gasteiger partial charge in [0.05, 0.1) is 0 Å². The molecule has 0 N–H and O–H groups in total. The highest BCUT2D eigenvalue weighted by Crippen LogP contribution is 2.49. The van der Waals surface area contributed by atoms with Crippen LogP contribution in [0.15, 0.2) is 24.3 Å². The Bertz CT molecular complexity index is 620. The Morgan fingerprint density at radius 2 is 1.86 bits per heavy atom. The molecule has 1 aromatic rings. The first-order valence-corrected chi connectivity index (χ1v) is 8.54. The summed E-state index contributed by atoms with van der Waals surface area (Å²) >= 11 is 0. The number of anilines is 1. The third-order valence-electron chi connectivity index (χ3n) is 6.01. The maximum Gasteiger partial charge on any atom is 0.148 e. The molecule has 3 heteroatoms. The predicted octanol–water partition coefficient (Wildman–Crippen LogP) is 3.16. The molecule has 0 aromatic heterocycles. The minimum Gasteiger partial charge on any atom is -0.367 e. The number of hydrogen-bond donors (Lipinski definition) is 0. The summed E-state index contributed by atoms with van der Waals surface area (Å²) in [6.07, 6.45) is 4.62. The minimum atomic E-state index is -0.763. The molecule has 116 valence electrons. The molecule has 3 nitrogen and oxygen atoms in total. The van der Waals surface area contributed by atoms with Crippen molar-refractivity contribution in [1.82, 2.24) is 0 Å². The highest BCUT2D eigenvalue weighted by atomic mass is 16.2. The number of piperidine rings is 1. The fourth-order valence-electron chi connectivity index (χ4n) is 4.84. The van der Waals surface area contributed by atoms with Crippen LogP contribution in [0.5, 0.6) is 0 Å². The van der Waals surface area contributed by atoms with Gasteiger partial charge in [0.1, 0.15) is 17.0 Å². The van der Waals surface area contributed by atoms with Gasteiger partial charge in [-0.05, 0) is 43.2 Å². The van der Waals surface area contributed by atoms with Crippen LogP contribution in [-0.2, 0) is 16.0 Å². The smallest absolute Gasteiger partial charge is 0.148 e.